The van der Waals surface area contributed by atoms with E-state index in [1.807, 2.05) is 13.0 Å². The fraction of sp³-hybridized carbons (Fsp3) is 0.588. The van der Waals surface area contributed by atoms with E-state index < -0.39 is 10.0 Å². The number of nitrogens with one attached hydrogen (secondary N) is 2. The number of aryl methyl sites for hydroxylation is 1. The Kier molecular flexibility index (Phi) is 10.9. The Morgan fingerprint density at radius 2 is 2.00 bits per heavy atom. The van der Waals surface area contributed by atoms with Crippen LogP contribution in [0.5, 0.6) is 0 Å². The number of thioether (sulfide) groups is 1. The van der Waals surface area contributed by atoms with Crippen molar-refractivity contribution in [1.82, 2.24) is 14.9 Å². The zero-order valence-electron chi connectivity index (χ0n) is 15.7. The fourth-order valence-corrected chi connectivity index (χ4v) is 4.99. The summed E-state index contributed by atoms with van der Waals surface area (Å²) in [7, 11) is -3.25. The smallest absolute Gasteiger partial charge is 0.215 e. The van der Waals surface area contributed by atoms with Gasteiger partial charge in [-0.3, -0.25) is 0 Å². The molecule has 0 spiro atoms. The molecule has 1 aromatic rings. The first-order valence-corrected chi connectivity index (χ1v) is 11.5. The van der Waals surface area contributed by atoms with Gasteiger partial charge in [0.2, 0.25) is 10.0 Å². The number of rotatable bonds is 7. The minimum Gasteiger partial charge on any atom is -0.357 e. The second kappa shape index (κ2) is 12.1. The van der Waals surface area contributed by atoms with Crippen molar-refractivity contribution < 1.29 is 12.8 Å². The zero-order valence-corrected chi connectivity index (χ0v) is 19.7. The molecule has 154 valence electrons. The van der Waals surface area contributed by atoms with Gasteiger partial charge < -0.3 is 10.6 Å². The van der Waals surface area contributed by atoms with Crippen LogP contribution in [0.25, 0.3) is 0 Å². The molecule has 1 aliphatic rings. The highest BCUT2D eigenvalue weighted by atomic mass is 127. The first-order valence-electron chi connectivity index (χ1n) is 8.75. The van der Waals surface area contributed by atoms with Gasteiger partial charge in [-0.05, 0) is 31.0 Å². The molecular formula is C17H28FIN4O2S2. The van der Waals surface area contributed by atoms with E-state index in [-0.39, 0.29) is 42.1 Å². The maximum absolute atomic E-state index is 13.6. The lowest BCUT2D eigenvalue weighted by atomic mass is 10.1. The summed E-state index contributed by atoms with van der Waals surface area (Å²) in [6.45, 7) is 6.08. The van der Waals surface area contributed by atoms with Crippen LogP contribution in [0, 0.1) is 12.7 Å². The topological polar surface area (TPSA) is 73.8 Å². The first kappa shape index (κ1) is 24.4. The standard InChI is InChI=1S/C17H27FN4O2S2.HI/c1-3-19-17(21-13-15-5-4-14(2)16(18)12-15)20-6-11-26(23,24)22-7-9-25-10-8-22;/h4-5,12H,3,6-11,13H2,1-2H3,(H2,19,20,21);1H. The maximum Gasteiger partial charge on any atom is 0.215 e. The Morgan fingerprint density at radius 1 is 1.30 bits per heavy atom. The molecule has 0 aromatic heterocycles. The van der Waals surface area contributed by atoms with Crippen molar-refractivity contribution >= 4 is 51.7 Å². The van der Waals surface area contributed by atoms with Crippen LogP contribution in [0.3, 0.4) is 0 Å². The number of nitrogens with zero attached hydrogens (tertiary/aromatic N) is 2. The van der Waals surface area contributed by atoms with Gasteiger partial charge in [-0.25, -0.2) is 22.1 Å². The molecule has 1 aliphatic heterocycles. The molecule has 0 saturated carbocycles. The van der Waals surface area contributed by atoms with Crippen LogP contribution in [0.15, 0.2) is 23.2 Å². The minimum absolute atomic E-state index is 0. The van der Waals surface area contributed by atoms with E-state index in [9.17, 15) is 12.8 Å². The van der Waals surface area contributed by atoms with Crippen LogP contribution in [-0.4, -0.2) is 62.1 Å². The summed E-state index contributed by atoms with van der Waals surface area (Å²) in [5.74, 6) is 2.01. The van der Waals surface area contributed by atoms with Crippen LogP contribution >= 0.6 is 35.7 Å². The van der Waals surface area contributed by atoms with Crippen LogP contribution in [0.4, 0.5) is 4.39 Å². The Hall–Kier alpha value is -0.590. The van der Waals surface area contributed by atoms with E-state index in [0.29, 0.717) is 37.7 Å². The van der Waals surface area contributed by atoms with Gasteiger partial charge in [0.15, 0.2) is 5.96 Å². The molecule has 1 heterocycles. The summed E-state index contributed by atoms with van der Waals surface area (Å²) >= 11 is 1.78. The van der Waals surface area contributed by atoms with Gasteiger partial charge >= 0.3 is 0 Å². The summed E-state index contributed by atoms with van der Waals surface area (Å²) in [6, 6.07) is 5.04. The van der Waals surface area contributed by atoms with Crippen molar-refractivity contribution in [2.24, 2.45) is 4.99 Å². The summed E-state index contributed by atoms with van der Waals surface area (Å²) < 4.78 is 39.9. The lowest BCUT2D eigenvalue weighted by molar-refractivity contribution is 0.443. The highest BCUT2D eigenvalue weighted by Gasteiger charge is 2.23. The Morgan fingerprint density at radius 3 is 2.63 bits per heavy atom. The molecular weight excluding hydrogens is 502 g/mol. The maximum atomic E-state index is 13.6. The number of benzene rings is 1. The molecule has 2 rings (SSSR count). The normalized spacial score (nSPS) is 15.9. The second-order valence-corrected chi connectivity index (χ2v) is 9.35. The van der Waals surface area contributed by atoms with Gasteiger partial charge in [0.25, 0.3) is 0 Å². The third kappa shape index (κ3) is 8.12. The van der Waals surface area contributed by atoms with E-state index >= 15 is 0 Å². The van der Waals surface area contributed by atoms with Crippen LogP contribution in [-0.2, 0) is 16.6 Å². The summed E-state index contributed by atoms with van der Waals surface area (Å²) in [5.41, 5.74) is 1.37. The third-order valence-electron chi connectivity index (χ3n) is 4.02. The van der Waals surface area contributed by atoms with Gasteiger partial charge in [-0.2, -0.15) is 11.8 Å². The largest absolute Gasteiger partial charge is 0.357 e. The lowest BCUT2D eigenvalue weighted by Crippen LogP contribution is -2.44. The Balaban J connectivity index is 0.00000364. The van der Waals surface area contributed by atoms with Gasteiger partial charge in [0.1, 0.15) is 5.82 Å². The summed E-state index contributed by atoms with van der Waals surface area (Å²) in [6.07, 6.45) is 0. The van der Waals surface area contributed by atoms with E-state index in [4.69, 9.17) is 0 Å². The van der Waals surface area contributed by atoms with Crippen molar-refractivity contribution in [3.63, 3.8) is 0 Å². The molecule has 1 fully saturated rings. The van der Waals surface area contributed by atoms with E-state index in [1.165, 1.54) is 6.07 Å². The number of guanidine groups is 1. The predicted octanol–water partition coefficient (Wildman–Crippen LogP) is 2.19. The molecule has 0 unspecified atom stereocenters. The van der Waals surface area contributed by atoms with E-state index in [2.05, 4.69) is 15.6 Å². The molecule has 1 saturated heterocycles. The molecule has 0 amide bonds. The van der Waals surface area contributed by atoms with Crippen LogP contribution in [0.2, 0.25) is 0 Å². The molecule has 6 nitrogen and oxygen atoms in total. The number of sulfonamides is 1. The molecule has 27 heavy (non-hydrogen) atoms. The van der Waals surface area contributed by atoms with Gasteiger partial charge in [-0.1, -0.05) is 12.1 Å². The van der Waals surface area contributed by atoms with Crippen LogP contribution < -0.4 is 10.6 Å². The van der Waals surface area contributed by atoms with Crippen molar-refractivity contribution in [3.8, 4) is 0 Å². The minimum atomic E-state index is -3.25. The predicted molar refractivity (Wildman–Crippen MR) is 122 cm³/mol. The van der Waals surface area contributed by atoms with Gasteiger partial charge in [0, 0.05) is 37.7 Å². The Bertz CT molecular complexity index is 726. The molecule has 2 N–H and O–H groups in total. The third-order valence-corrected chi connectivity index (χ3v) is 6.83. The van der Waals surface area contributed by atoms with Crippen molar-refractivity contribution in [1.29, 1.82) is 0 Å². The lowest BCUT2D eigenvalue weighted by Gasteiger charge is -2.25. The first-order chi connectivity index (χ1) is 12.4. The zero-order chi connectivity index (χ0) is 19.0. The molecule has 10 heteroatoms. The molecule has 0 atom stereocenters. The molecule has 0 radical (unpaired) electrons. The number of aliphatic imine (C=N–C) groups is 1. The second-order valence-electron chi connectivity index (χ2n) is 6.03. The number of hydrogen-bond donors (Lipinski definition) is 2. The SMILES string of the molecule is CCNC(=NCc1ccc(C)c(F)c1)NCCS(=O)(=O)N1CCSCC1.I. The van der Waals surface area contributed by atoms with E-state index in [1.54, 1.807) is 29.1 Å². The Labute approximate surface area is 182 Å². The van der Waals surface area contributed by atoms with Crippen molar-refractivity contribution in [2.75, 3.05) is 43.4 Å². The molecule has 0 aliphatic carbocycles. The quantitative estimate of drug-likeness (QED) is 0.321. The summed E-state index contributed by atoms with van der Waals surface area (Å²) in [5, 5.41) is 6.12. The van der Waals surface area contributed by atoms with Crippen LogP contribution in [0.1, 0.15) is 18.1 Å². The fourth-order valence-electron chi connectivity index (χ4n) is 2.50. The average Bonchev–Trinajstić information content (AvgIpc) is 2.63. The highest BCUT2D eigenvalue weighted by Crippen LogP contribution is 2.13. The van der Waals surface area contributed by atoms with E-state index in [0.717, 1.165) is 17.1 Å². The number of hydrogen-bond acceptors (Lipinski definition) is 4. The van der Waals surface area contributed by atoms with Crippen molar-refractivity contribution in [3.05, 3.63) is 35.1 Å². The van der Waals surface area contributed by atoms with Gasteiger partial charge in [0.05, 0.1) is 12.3 Å². The highest BCUT2D eigenvalue weighted by molar-refractivity contribution is 14.0. The number of halogens is 2. The summed E-state index contributed by atoms with van der Waals surface area (Å²) in [4.78, 5) is 4.40. The molecule has 0 bridgehead atoms. The molecule has 1 aromatic carbocycles. The average molecular weight is 530 g/mol. The van der Waals surface area contributed by atoms with Crippen molar-refractivity contribution in [2.45, 2.75) is 20.4 Å². The van der Waals surface area contributed by atoms with Gasteiger partial charge in [-0.15, -0.1) is 24.0 Å². The monoisotopic (exact) mass is 530 g/mol.